The number of alkyl halides is 1. The van der Waals surface area contributed by atoms with E-state index in [1.54, 1.807) is 6.26 Å². The summed E-state index contributed by atoms with van der Waals surface area (Å²) < 4.78 is 5.18. The summed E-state index contributed by atoms with van der Waals surface area (Å²) in [4.78, 5) is 0. The summed E-state index contributed by atoms with van der Waals surface area (Å²) in [5, 5.41) is 0. The highest BCUT2D eigenvalue weighted by Crippen LogP contribution is 2.47. The number of furan rings is 1. The van der Waals surface area contributed by atoms with Crippen LogP contribution in [0.2, 0.25) is 0 Å². The third-order valence-corrected chi connectivity index (χ3v) is 5.28. The van der Waals surface area contributed by atoms with Crippen LogP contribution < -0.4 is 0 Å². The molecule has 1 fully saturated rings. The van der Waals surface area contributed by atoms with E-state index in [1.807, 2.05) is 6.26 Å². The van der Waals surface area contributed by atoms with E-state index in [-0.39, 0.29) is 0 Å². The molecular formula is C16H25ClO. The third-order valence-electron chi connectivity index (χ3n) is 4.71. The molecule has 0 bridgehead atoms. The molecule has 1 aromatic heterocycles. The summed E-state index contributed by atoms with van der Waals surface area (Å²) >= 11 is 6.29. The molecule has 0 radical (unpaired) electrons. The molecule has 0 N–H and O–H groups in total. The predicted octanol–water partition coefficient (Wildman–Crippen LogP) is 5.28. The second-order valence-corrected chi connectivity index (χ2v) is 7.35. The number of halogens is 1. The van der Waals surface area contributed by atoms with Gasteiger partial charge in [0, 0.05) is 5.88 Å². The van der Waals surface area contributed by atoms with Crippen molar-refractivity contribution in [3.8, 4) is 0 Å². The maximum Gasteiger partial charge on any atom is 0.0934 e. The van der Waals surface area contributed by atoms with Crippen molar-refractivity contribution in [1.29, 1.82) is 0 Å². The fourth-order valence-corrected chi connectivity index (χ4v) is 3.64. The number of rotatable bonds is 3. The highest BCUT2D eigenvalue weighted by molar-refractivity contribution is 6.18. The molecule has 1 heterocycles. The Morgan fingerprint density at radius 1 is 1.33 bits per heavy atom. The van der Waals surface area contributed by atoms with Gasteiger partial charge in [-0.1, -0.05) is 20.8 Å². The Morgan fingerprint density at radius 2 is 2.00 bits per heavy atom. The van der Waals surface area contributed by atoms with Crippen molar-refractivity contribution in [3.05, 3.63) is 24.2 Å². The van der Waals surface area contributed by atoms with Gasteiger partial charge in [0.25, 0.3) is 0 Å². The molecule has 0 spiro atoms. The van der Waals surface area contributed by atoms with Crippen LogP contribution in [0.5, 0.6) is 0 Å². The van der Waals surface area contributed by atoms with Gasteiger partial charge in [0.2, 0.25) is 0 Å². The van der Waals surface area contributed by atoms with Crippen LogP contribution in [0, 0.1) is 16.7 Å². The SMILES string of the molecule is CC(C)(C)C1CCC(CCl)(Cc2ccoc2)CC1. The van der Waals surface area contributed by atoms with E-state index in [2.05, 4.69) is 26.8 Å². The van der Waals surface area contributed by atoms with Gasteiger partial charge in [-0.25, -0.2) is 0 Å². The Hall–Kier alpha value is -0.430. The first-order chi connectivity index (χ1) is 8.45. The van der Waals surface area contributed by atoms with Crippen molar-refractivity contribution in [2.24, 2.45) is 16.7 Å². The van der Waals surface area contributed by atoms with Crippen LogP contribution in [0.1, 0.15) is 52.0 Å². The Morgan fingerprint density at radius 3 is 2.44 bits per heavy atom. The van der Waals surface area contributed by atoms with Gasteiger partial charge in [-0.05, 0) is 60.5 Å². The molecule has 102 valence electrons. The van der Waals surface area contributed by atoms with E-state index in [0.717, 1.165) is 18.2 Å². The lowest BCUT2D eigenvalue weighted by molar-refractivity contribution is 0.102. The van der Waals surface area contributed by atoms with Gasteiger partial charge >= 0.3 is 0 Å². The fourth-order valence-electron chi connectivity index (χ4n) is 3.28. The Bertz CT molecular complexity index is 353. The molecule has 1 aliphatic rings. The molecule has 0 unspecified atom stereocenters. The van der Waals surface area contributed by atoms with Crippen LogP contribution in [0.4, 0.5) is 0 Å². The summed E-state index contributed by atoms with van der Waals surface area (Å²) in [7, 11) is 0. The second kappa shape index (κ2) is 5.28. The molecule has 0 aliphatic heterocycles. The Labute approximate surface area is 116 Å². The quantitative estimate of drug-likeness (QED) is 0.680. The summed E-state index contributed by atoms with van der Waals surface area (Å²) in [6.45, 7) is 7.09. The zero-order valence-electron chi connectivity index (χ0n) is 11.8. The molecule has 1 aliphatic carbocycles. The van der Waals surface area contributed by atoms with Gasteiger partial charge in [0.1, 0.15) is 0 Å². The highest BCUT2D eigenvalue weighted by Gasteiger charge is 2.38. The largest absolute Gasteiger partial charge is 0.472 e. The highest BCUT2D eigenvalue weighted by atomic mass is 35.5. The minimum atomic E-state index is 0.299. The normalized spacial score (nSPS) is 29.4. The van der Waals surface area contributed by atoms with Crippen LogP contribution in [-0.4, -0.2) is 5.88 Å². The van der Waals surface area contributed by atoms with E-state index in [1.165, 1.54) is 31.2 Å². The van der Waals surface area contributed by atoms with Crippen LogP contribution in [-0.2, 0) is 6.42 Å². The van der Waals surface area contributed by atoms with Crippen molar-refractivity contribution < 1.29 is 4.42 Å². The van der Waals surface area contributed by atoms with Crippen molar-refractivity contribution in [2.45, 2.75) is 52.9 Å². The maximum absolute atomic E-state index is 6.29. The summed E-state index contributed by atoms with van der Waals surface area (Å²) in [6, 6.07) is 2.07. The Kier molecular flexibility index (Phi) is 4.11. The van der Waals surface area contributed by atoms with Gasteiger partial charge < -0.3 is 4.42 Å². The lowest BCUT2D eigenvalue weighted by Gasteiger charge is -2.43. The third kappa shape index (κ3) is 3.12. The molecule has 0 saturated heterocycles. The van der Waals surface area contributed by atoms with Crippen molar-refractivity contribution in [1.82, 2.24) is 0 Å². The van der Waals surface area contributed by atoms with Gasteiger partial charge in [-0.3, -0.25) is 0 Å². The van der Waals surface area contributed by atoms with Crippen LogP contribution >= 0.6 is 11.6 Å². The van der Waals surface area contributed by atoms with E-state index < -0.39 is 0 Å². The molecule has 1 aromatic rings. The van der Waals surface area contributed by atoms with E-state index in [0.29, 0.717) is 10.8 Å². The molecule has 2 rings (SSSR count). The van der Waals surface area contributed by atoms with Crippen molar-refractivity contribution in [2.75, 3.05) is 5.88 Å². The standard InChI is InChI=1S/C16H25ClO/c1-15(2,3)14-4-7-16(12-17,8-5-14)10-13-6-9-18-11-13/h6,9,11,14H,4-5,7-8,10,12H2,1-3H3. The number of hydrogen-bond acceptors (Lipinski definition) is 1. The van der Waals surface area contributed by atoms with Crippen molar-refractivity contribution in [3.63, 3.8) is 0 Å². The summed E-state index contributed by atoms with van der Waals surface area (Å²) in [5.74, 6) is 1.62. The van der Waals surface area contributed by atoms with Gasteiger partial charge in [0.15, 0.2) is 0 Å². The zero-order valence-corrected chi connectivity index (χ0v) is 12.6. The zero-order chi connectivity index (χ0) is 13.2. The van der Waals surface area contributed by atoms with Gasteiger partial charge in [-0.15, -0.1) is 11.6 Å². The summed E-state index contributed by atoms with van der Waals surface area (Å²) in [6.07, 6.45) is 9.83. The number of hydrogen-bond donors (Lipinski definition) is 0. The van der Waals surface area contributed by atoms with E-state index >= 15 is 0 Å². The molecule has 0 amide bonds. The second-order valence-electron chi connectivity index (χ2n) is 7.08. The molecule has 1 saturated carbocycles. The first kappa shape index (κ1) is 14.0. The minimum Gasteiger partial charge on any atom is -0.472 e. The lowest BCUT2D eigenvalue weighted by atomic mass is 9.63. The monoisotopic (exact) mass is 268 g/mol. The topological polar surface area (TPSA) is 13.1 Å². The van der Waals surface area contributed by atoms with Crippen LogP contribution in [0.15, 0.2) is 23.0 Å². The van der Waals surface area contributed by atoms with Gasteiger partial charge in [0.05, 0.1) is 12.5 Å². The fraction of sp³-hybridized carbons (Fsp3) is 0.750. The first-order valence-corrected chi connectivity index (χ1v) is 7.56. The van der Waals surface area contributed by atoms with Crippen molar-refractivity contribution >= 4 is 11.6 Å². The predicted molar refractivity (Wildman–Crippen MR) is 77.0 cm³/mol. The average molecular weight is 269 g/mol. The van der Waals surface area contributed by atoms with E-state index in [9.17, 15) is 0 Å². The first-order valence-electron chi connectivity index (χ1n) is 7.02. The Balaban J connectivity index is 2.00. The van der Waals surface area contributed by atoms with Crippen LogP contribution in [0.3, 0.4) is 0 Å². The summed E-state index contributed by atoms with van der Waals surface area (Å²) in [5.41, 5.74) is 2.03. The average Bonchev–Trinajstić information content (AvgIpc) is 2.81. The molecule has 0 aromatic carbocycles. The molecular weight excluding hydrogens is 244 g/mol. The van der Waals surface area contributed by atoms with E-state index in [4.69, 9.17) is 16.0 Å². The maximum atomic E-state index is 6.29. The van der Waals surface area contributed by atoms with Gasteiger partial charge in [-0.2, -0.15) is 0 Å². The molecule has 18 heavy (non-hydrogen) atoms. The van der Waals surface area contributed by atoms with Crippen LogP contribution in [0.25, 0.3) is 0 Å². The molecule has 2 heteroatoms. The molecule has 1 nitrogen and oxygen atoms in total. The molecule has 0 atom stereocenters. The lowest BCUT2D eigenvalue weighted by Crippen LogP contribution is -2.35. The smallest absolute Gasteiger partial charge is 0.0934 e. The minimum absolute atomic E-state index is 0.299.